The molecule has 2 aromatic rings. The van der Waals surface area contributed by atoms with Gasteiger partial charge in [0, 0.05) is 24.4 Å². The maximum atomic E-state index is 11.5. The van der Waals surface area contributed by atoms with E-state index < -0.39 is 0 Å². The molecule has 0 aliphatic carbocycles. The van der Waals surface area contributed by atoms with E-state index in [-0.39, 0.29) is 11.9 Å². The monoisotopic (exact) mass is 273 g/mol. The highest BCUT2D eigenvalue weighted by Gasteiger charge is 2.10. The van der Waals surface area contributed by atoms with E-state index in [1.807, 2.05) is 45.0 Å². The minimum atomic E-state index is -0.00455. The molecule has 5 nitrogen and oxygen atoms in total. The van der Waals surface area contributed by atoms with Gasteiger partial charge in [-0.3, -0.25) is 4.79 Å². The average Bonchev–Trinajstić information content (AvgIpc) is 2.85. The van der Waals surface area contributed by atoms with Crippen molar-refractivity contribution in [3.05, 3.63) is 35.7 Å². The Hall–Kier alpha value is -2.17. The molecule has 1 amide bonds. The molecular formula is C15H19N3O2. The molecule has 0 bridgehead atoms. The molecule has 20 heavy (non-hydrogen) atoms. The zero-order valence-electron chi connectivity index (χ0n) is 12.0. The zero-order chi connectivity index (χ0) is 14.5. The van der Waals surface area contributed by atoms with E-state index in [2.05, 4.69) is 15.5 Å². The third-order valence-corrected chi connectivity index (χ3v) is 2.78. The van der Waals surface area contributed by atoms with E-state index in [0.29, 0.717) is 24.6 Å². The fourth-order valence-corrected chi connectivity index (χ4v) is 1.78. The molecule has 0 spiro atoms. The van der Waals surface area contributed by atoms with Crippen LogP contribution in [0.15, 0.2) is 28.7 Å². The number of carbonyl (C=O) groups excluding carboxylic acids is 1. The van der Waals surface area contributed by atoms with E-state index in [9.17, 15) is 4.79 Å². The van der Waals surface area contributed by atoms with Crippen LogP contribution in [0.1, 0.15) is 31.7 Å². The Balaban J connectivity index is 1.95. The van der Waals surface area contributed by atoms with E-state index in [1.54, 1.807) is 0 Å². The van der Waals surface area contributed by atoms with E-state index >= 15 is 0 Å². The summed E-state index contributed by atoms with van der Waals surface area (Å²) in [4.78, 5) is 11.5. The van der Waals surface area contributed by atoms with Gasteiger partial charge in [-0.15, -0.1) is 10.2 Å². The minimum Gasteiger partial charge on any atom is -0.421 e. The Morgan fingerprint density at radius 2 is 1.95 bits per heavy atom. The third-order valence-electron chi connectivity index (χ3n) is 2.78. The van der Waals surface area contributed by atoms with Gasteiger partial charge in [0.05, 0.1) is 0 Å². The Kier molecular flexibility index (Phi) is 4.50. The van der Waals surface area contributed by atoms with Gasteiger partial charge in [-0.25, -0.2) is 0 Å². The highest BCUT2D eigenvalue weighted by molar-refractivity contribution is 5.76. The second kappa shape index (κ2) is 6.32. The molecule has 0 fully saturated rings. The lowest BCUT2D eigenvalue weighted by molar-refractivity contribution is -0.121. The Labute approximate surface area is 118 Å². The lowest BCUT2D eigenvalue weighted by Crippen LogP contribution is -2.30. The minimum absolute atomic E-state index is 0.00455. The Morgan fingerprint density at radius 1 is 1.25 bits per heavy atom. The summed E-state index contributed by atoms with van der Waals surface area (Å²) in [7, 11) is 0. The number of aromatic nitrogens is 2. The maximum Gasteiger partial charge on any atom is 0.247 e. The summed E-state index contributed by atoms with van der Waals surface area (Å²) in [6, 6.07) is 8.02. The summed E-state index contributed by atoms with van der Waals surface area (Å²) < 4.78 is 5.56. The first-order chi connectivity index (χ1) is 9.54. The quantitative estimate of drug-likeness (QED) is 0.908. The van der Waals surface area contributed by atoms with Crippen LogP contribution >= 0.6 is 0 Å². The van der Waals surface area contributed by atoms with Crippen LogP contribution in [0.4, 0.5) is 0 Å². The van der Waals surface area contributed by atoms with Crippen LogP contribution in [0.5, 0.6) is 0 Å². The van der Waals surface area contributed by atoms with Crippen LogP contribution in [0.25, 0.3) is 11.5 Å². The SMILES string of the molecule is Cc1ccc(-c2nnc(CCC(=O)NC(C)C)o2)cc1. The van der Waals surface area contributed by atoms with Crippen molar-refractivity contribution in [2.24, 2.45) is 0 Å². The highest BCUT2D eigenvalue weighted by Crippen LogP contribution is 2.18. The molecule has 1 aromatic heterocycles. The summed E-state index contributed by atoms with van der Waals surface area (Å²) in [6.45, 7) is 5.89. The molecule has 1 aromatic carbocycles. The van der Waals surface area contributed by atoms with E-state index in [4.69, 9.17) is 4.42 Å². The number of carbonyl (C=O) groups is 1. The second-order valence-corrected chi connectivity index (χ2v) is 5.09. The fraction of sp³-hybridized carbons (Fsp3) is 0.400. The topological polar surface area (TPSA) is 68.0 Å². The number of amides is 1. The van der Waals surface area contributed by atoms with Gasteiger partial charge in [-0.1, -0.05) is 17.7 Å². The molecule has 0 unspecified atom stereocenters. The molecule has 106 valence electrons. The van der Waals surface area contributed by atoms with Crippen molar-refractivity contribution in [2.75, 3.05) is 0 Å². The standard InChI is InChI=1S/C15H19N3O2/c1-10(2)16-13(19)8-9-14-17-18-15(20-14)12-6-4-11(3)5-7-12/h4-7,10H,8-9H2,1-3H3,(H,16,19). The van der Waals surface area contributed by atoms with E-state index in [0.717, 1.165) is 5.56 Å². The van der Waals surface area contributed by atoms with Crippen molar-refractivity contribution in [2.45, 2.75) is 39.7 Å². The number of nitrogens with zero attached hydrogens (tertiary/aromatic N) is 2. The largest absolute Gasteiger partial charge is 0.421 e. The van der Waals surface area contributed by atoms with Crippen molar-refractivity contribution in [3.8, 4) is 11.5 Å². The summed E-state index contributed by atoms with van der Waals surface area (Å²) in [5.41, 5.74) is 2.07. The van der Waals surface area contributed by atoms with E-state index in [1.165, 1.54) is 5.56 Å². The molecule has 0 saturated carbocycles. The second-order valence-electron chi connectivity index (χ2n) is 5.09. The van der Waals surface area contributed by atoms with Gasteiger partial charge in [0.15, 0.2) is 0 Å². The van der Waals surface area contributed by atoms with Crippen molar-refractivity contribution < 1.29 is 9.21 Å². The molecule has 0 atom stereocenters. The first-order valence-electron chi connectivity index (χ1n) is 6.73. The molecule has 0 aliphatic rings. The van der Waals surface area contributed by atoms with Crippen LogP contribution in [-0.2, 0) is 11.2 Å². The molecule has 0 aliphatic heterocycles. The normalized spacial score (nSPS) is 10.8. The van der Waals surface area contributed by atoms with Crippen LogP contribution in [0.3, 0.4) is 0 Å². The van der Waals surface area contributed by atoms with Gasteiger partial charge < -0.3 is 9.73 Å². The number of aryl methyl sites for hydroxylation is 2. The molecule has 2 rings (SSSR count). The first kappa shape index (κ1) is 14.2. The Bertz CT molecular complexity index is 573. The zero-order valence-corrected chi connectivity index (χ0v) is 12.0. The number of hydrogen-bond acceptors (Lipinski definition) is 4. The van der Waals surface area contributed by atoms with Crippen molar-refractivity contribution in [1.82, 2.24) is 15.5 Å². The molecule has 1 N–H and O–H groups in total. The molecule has 1 heterocycles. The Morgan fingerprint density at radius 3 is 2.60 bits per heavy atom. The first-order valence-corrected chi connectivity index (χ1v) is 6.73. The van der Waals surface area contributed by atoms with Gasteiger partial charge in [0.25, 0.3) is 0 Å². The number of hydrogen-bond donors (Lipinski definition) is 1. The lowest BCUT2D eigenvalue weighted by atomic mass is 10.1. The maximum absolute atomic E-state index is 11.5. The third kappa shape index (κ3) is 3.91. The smallest absolute Gasteiger partial charge is 0.247 e. The summed E-state index contributed by atoms with van der Waals surface area (Å²) >= 11 is 0. The lowest BCUT2D eigenvalue weighted by Gasteiger charge is -2.06. The van der Waals surface area contributed by atoms with Gasteiger partial charge >= 0.3 is 0 Å². The molecule has 5 heteroatoms. The summed E-state index contributed by atoms with van der Waals surface area (Å²) in [6.07, 6.45) is 0.811. The van der Waals surface area contributed by atoms with Crippen molar-refractivity contribution >= 4 is 5.91 Å². The van der Waals surface area contributed by atoms with Gasteiger partial charge in [-0.2, -0.15) is 0 Å². The fourth-order valence-electron chi connectivity index (χ4n) is 1.78. The van der Waals surface area contributed by atoms with Crippen LogP contribution in [0, 0.1) is 6.92 Å². The predicted octanol–water partition coefficient (Wildman–Crippen LogP) is 2.50. The van der Waals surface area contributed by atoms with Gasteiger partial charge in [-0.05, 0) is 32.9 Å². The predicted molar refractivity (Wildman–Crippen MR) is 76.1 cm³/mol. The molecule has 0 saturated heterocycles. The summed E-state index contributed by atoms with van der Waals surface area (Å²) in [5.74, 6) is 0.971. The summed E-state index contributed by atoms with van der Waals surface area (Å²) in [5, 5.41) is 10.8. The van der Waals surface area contributed by atoms with Gasteiger partial charge in [0.1, 0.15) is 0 Å². The van der Waals surface area contributed by atoms with Crippen molar-refractivity contribution in [1.29, 1.82) is 0 Å². The van der Waals surface area contributed by atoms with Crippen LogP contribution in [-0.4, -0.2) is 22.1 Å². The number of benzene rings is 1. The molecule has 0 radical (unpaired) electrons. The van der Waals surface area contributed by atoms with Gasteiger partial charge in [0.2, 0.25) is 17.7 Å². The molecular weight excluding hydrogens is 254 g/mol. The van der Waals surface area contributed by atoms with Crippen LogP contribution in [0.2, 0.25) is 0 Å². The van der Waals surface area contributed by atoms with Crippen LogP contribution < -0.4 is 5.32 Å². The average molecular weight is 273 g/mol. The number of nitrogens with one attached hydrogen (secondary N) is 1. The highest BCUT2D eigenvalue weighted by atomic mass is 16.4. The van der Waals surface area contributed by atoms with Crippen molar-refractivity contribution in [3.63, 3.8) is 0 Å². The number of rotatable bonds is 5.